The summed E-state index contributed by atoms with van der Waals surface area (Å²) in [4.78, 5) is 37.4. The SMILES string of the molecule is CN(C)C(=O)Cn1nc2c(cc1=O)CCc1nc(N3CCCCC3)ncc1-2. The molecule has 0 unspecified atom stereocenters. The molecule has 27 heavy (non-hydrogen) atoms. The Morgan fingerprint density at radius 3 is 2.70 bits per heavy atom. The number of amides is 1. The molecule has 0 saturated carbocycles. The third kappa shape index (κ3) is 3.43. The van der Waals surface area contributed by atoms with E-state index in [0.29, 0.717) is 5.69 Å². The third-order valence-corrected chi connectivity index (χ3v) is 5.24. The van der Waals surface area contributed by atoms with Crippen LogP contribution in [-0.2, 0) is 24.2 Å². The summed E-state index contributed by atoms with van der Waals surface area (Å²) in [5, 5.41) is 4.48. The lowest BCUT2D eigenvalue weighted by atomic mass is 9.94. The average Bonchev–Trinajstić information content (AvgIpc) is 2.68. The predicted octanol–water partition coefficient (Wildman–Crippen LogP) is 0.877. The van der Waals surface area contributed by atoms with Crippen molar-refractivity contribution in [3.63, 3.8) is 0 Å². The van der Waals surface area contributed by atoms with Crippen LogP contribution < -0.4 is 10.5 Å². The van der Waals surface area contributed by atoms with Crippen molar-refractivity contribution in [2.24, 2.45) is 0 Å². The Morgan fingerprint density at radius 1 is 1.19 bits per heavy atom. The van der Waals surface area contributed by atoms with Gasteiger partial charge >= 0.3 is 0 Å². The van der Waals surface area contributed by atoms with Gasteiger partial charge < -0.3 is 9.80 Å². The standard InChI is InChI=1S/C19H24N6O2/c1-23(2)17(27)12-25-16(26)10-13-6-7-15-14(18(13)22-25)11-20-19(21-15)24-8-4-3-5-9-24/h10-11H,3-9,12H2,1-2H3. The topological polar surface area (TPSA) is 84.2 Å². The van der Waals surface area contributed by atoms with Crippen LogP contribution in [0.4, 0.5) is 5.95 Å². The molecule has 2 aliphatic rings. The van der Waals surface area contributed by atoms with Crippen molar-refractivity contribution in [1.82, 2.24) is 24.6 Å². The summed E-state index contributed by atoms with van der Waals surface area (Å²) in [5.41, 5.74) is 3.19. The molecule has 1 aliphatic heterocycles. The van der Waals surface area contributed by atoms with E-state index in [-0.39, 0.29) is 18.0 Å². The van der Waals surface area contributed by atoms with Crippen LogP contribution in [0, 0.1) is 0 Å². The molecule has 0 aromatic carbocycles. The first-order valence-electron chi connectivity index (χ1n) is 9.45. The van der Waals surface area contributed by atoms with Crippen molar-refractivity contribution < 1.29 is 4.79 Å². The van der Waals surface area contributed by atoms with Gasteiger partial charge in [0.05, 0.1) is 11.4 Å². The summed E-state index contributed by atoms with van der Waals surface area (Å²) < 4.78 is 1.23. The molecule has 0 N–H and O–H groups in total. The van der Waals surface area contributed by atoms with Gasteiger partial charge in [-0.25, -0.2) is 14.6 Å². The number of likely N-dealkylation sites (N-methyl/N-ethyl adjacent to an activating group) is 1. The normalized spacial score (nSPS) is 15.9. The minimum Gasteiger partial charge on any atom is -0.347 e. The van der Waals surface area contributed by atoms with Crippen molar-refractivity contribution in [3.8, 4) is 11.3 Å². The number of aryl methyl sites for hydroxylation is 2. The molecule has 1 saturated heterocycles. The van der Waals surface area contributed by atoms with Crippen molar-refractivity contribution >= 4 is 11.9 Å². The number of anilines is 1. The highest BCUT2D eigenvalue weighted by Crippen LogP contribution is 2.30. The molecule has 0 bridgehead atoms. The number of fused-ring (bicyclic) bond motifs is 3. The van der Waals surface area contributed by atoms with E-state index in [9.17, 15) is 9.59 Å². The van der Waals surface area contributed by atoms with Gasteiger partial charge in [0.2, 0.25) is 11.9 Å². The maximum absolute atomic E-state index is 12.3. The largest absolute Gasteiger partial charge is 0.347 e. The van der Waals surface area contributed by atoms with Gasteiger partial charge in [0.25, 0.3) is 5.56 Å². The lowest BCUT2D eigenvalue weighted by Crippen LogP contribution is -2.34. The second kappa shape index (κ2) is 7.09. The highest BCUT2D eigenvalue weighted by atomic mass is 16.2. The molecule has 2 aromatic rings. The van der Waals surface area contributed by atoms with Crippen LogP contribution in [0.25, 0.3) is 11.3 Å². The molecule has 8 heteroatoms. The smallest absolute Gasteiger partial charge is 0.267 e. The molecule has 0 spiro atoms. The van der Waals surface area contributed by atoms with E-state index < -0.39 is 0 Å². The summed E-state index contributed by atoms with van der Waals surface area (Å²) in [5.74, 6) is 0.616. The lowest BCUT2D eigenvalue weighted by molar-refractivity contribution is -0.129. The fraction of sp³-hybridized carbons (Fsp3) is 0.526. The Bertz CT molecular complexity index is 930. The van der Waals surface area contributed by atoms with Gasteiger partial charge in [-0.3, -0.25) is 9.59 Å². The second-order valence-corrected chi connectivity index (χ2v) is 7.38. The van der Waals surface area contributed by atoms with Gasteiger partial charge in [0.15, 0.2) is 0 Å². The number of piperidine rings is 1. The fourth-order valence-electron chi connectivity index (χ4n) is 3.62. The van der Waals surface area contributed by atoms with E-state index in [4.69, 9.17) is 4.98 Å². The minimum atomic E-state index is -0.252. The number of hydrogen-bond donors (Lipinski definition) is 0. The van der Waals surface area contributed by atoms with Crippen LogP contribution in [0.1, 0.15) is 30.5 Å². The molecule has 0 radical (unpaired) electrons. The minimum absolute atomic E-state index is 0.0683. The Balaban J connectivity index is 1.69. The monoisotopic (exact) mass is 368 g/mol. The Morgan fingerprint density at radius 2 is 1.96 bits per heavy atom. The number of carbonyl (C=O) groups excluding carboxylic acids is 1. The molecule has 4 rings (SSSR count). The Kier molecular flexibility index (Phi) is 4.63. The molecular formula is C19H24N6O2. The van der Waals surface area contributed by atoms with E-state index in [1.165, 1.54) is 28.8 Å². The van der Waals surface area contributed by atoms with Crippen molar-refractivity contribution in [1.29, 1.82) is 0 Å². The van der Waals surface area contributed by atoms with Gasteiger partial charge in [0.1, 0.15) is 6.54 Å². The van der Waals surface area contributed by atoms with Crippen LogP contribution in [-0.4, -0.2) is 57.7 Å². The number of carbonyl (C=O) groups is 1. The Hall–Kier alpha value is -2.77. The van der Waals surface area contributed by atoms with Gasteiger partial charge in [-0.05, 0) is 37.7 Å². The maximum atomic E-state index is 12.3. The average molecular weight is 368 g/mol. The Labute approximate surface area is 157 Å². The third-order valence-electron chi connectivity index (χ3n) is 5.24. The van der Waals surface area contributed by atoms with Crippen LogP contribution >= 0.6 is 0 Å². The van der Waals surface area contributed by atoms with Crippen LogP contribution in [0.2, 0.25) is 0 Å². The number of hydrogen-bond acceptors (Lipinski definition) is 6. The van der Waals surface area contributed by atoms with Crippen molar-refractivity contribution in [2.45, 2.75) is 38.6 Å². The fourth-order valence-corrected chi connectivity index (χ4v) is 3.62. The zero-order valence-corrected chi connectivity index (χ0v) is 15.8. The van der Waals surface area contributed by atoms with Crippen molar-refractivity contribution in [3.05, 3.63) is 33.9 Å². The summed E-state index contributed by atoms with van der Waals surface area (Å²) in [6, 6.07) is 1.59. The van der Waals surface area contributed by atoms with Gasteiger partial charge in [-0.15, -0.1) is 0 Å². The zero-order valence-electron chi connectivity index (χ0n) is 15.8. The molecule has 3 heterocycles. The zero-order chi connectivity index (χ0) is 19.0. The molecule has 142 valence electrons. The lowest BCUT2D eigenvalue weighted by Gasteiger charge is -2.28. The van der Waals surface area contributed by atoms with Gasteiger partial charge in [0, 0.05) is 45.0 Å². The maximum Gasteiger partial charge on any atom is 0.267 e. The molecule has 0 atom stereocenters. The summed E-state index contributed by atoms with van der Waals surface area (Å²) in [7, 11) is 3.33. The van der Waals surface area contributed by atoms with Gasteiger partial charge in [-0.2, -0.15) is 5.10 Å². The summed E-state index contributed by atoms with van der Waals surface area (Å²) >= 11 is 0. The number of aromatic nitrogens is 4. The van der Waals surface area contributed by atoms with E-state index in [0.717, 1.165) is 48.7 Å². The molecule has 1 amide bonds. The first-order valence-corrected chi connectivity index (χ1v) is 9.45. The van der Waals surface area contributed by atoms with Gasteiger partial charge in [-0.1, -0.05) is 0 Å². The number of nitrogens with zero attached hydrogens (tertiary/aromatic N) is 6. The number of rotatable bonds is 3. The van der Waals surface area contributed by atoms with Crippen molar-refractivity contribution in [2.75, 3.05) is 32.1 Å². The highest BCUT2D eigenvalue weighted by Gasteiger charge is 2.23. The van der Waals surface area contributed by atoms with E-state index in [1.807, 2.05) is 6.20 Å². The quantitative estimate of drug-likeness (QED) is 0.800. The first kappa shape index (κ1) is 17.6. The first-order chi connectivity index (χ1) is 13.0. The highest BCUT2D eigenvalue weighted by molar-refractivity contribution is 5.75. The van der Waals surface area contributed by atoms with E-state index >= 15 is 0 Å². The molecule has 1 fully saturated rings. The van der Waals surface area contributed by atoms with E-state index in [2.05, 4.69) is 15.0 Å². The molecule has 2 aromatic heterocycles. The molecule has 1 aliphatic carbocycles. The van der Waals surface area contributed by atoms with Crippen LogP contribution in [0.5, 0.6) is 0 Å². The predicted molar refractivity (Wildman–Crippen MR) is 102 cm³/mol. The van der Waals surface area contributed by atoms with Crippen LogP contribution in [0.3, 0.4) is 0 Å². The second-order valence-electron chi connectivity index (χ2n) is 7.38. The van der Waals surface area contributed by atoms with Crippen LogP contribution in [0.15, 0.2) is 17.1 Å². The summed E-state index contributed by atoms with van der Waals surface area (Å²) in [6.45, 7) is 1.93. The molecule has 8 nitrogen and oxygen atoms in total. The summed E-state index contributed by atoms with van der Waals surface area (Å²) in [6.07, 6.45) is 6.94. The van der Waals surface area contributed by atoms with E-state index in [1.54, 1.807) is 20.2 Å². The molecular weight excluding hydrogens is 344 g/mol.